The number of aliphatic hydroxyl groups excluding tert-OH is 1. The highest BCUT2D eigenvalue weighted by Gasteiger charge is 2.42. The Hall–Kier alpha value is -2.25. The molecule has 1 saturated heterocycles. The Bertz CT molecular complexity index is 901. The standard InChI is InChI=1S/C23H31N3O3S/c1-14(23(3,4)5)22(29)26-12-18(27)10-19(26)21(28)24-11-16-6-8-17(9-7-16)20-15(2)25-13-30-20/h6-9,13-14,18-19,27H,10-12H2,1-5H3,(H,24,28)/t14-,18-,19+/m1/s1. The maximum atomic E-state index is 12.9. The van der Waals surface area contributed by atoms with Crippen LogP contribution in [0.5, 0.6) is 0 Å². The van der Waals surface area contributed by atoms with Gasteiger partial charge in [-0.3, -0.25) is 9.59 Å². The van der Waals surface area contributed by atoms with Gasteiger partial charge in [0.15, 0.2) is 0 Å². The molecule has 162 valence electrons. The number of amides is 2. The smallest absolute Gasteiger partial charge is 0.243 e. The van der Waals surface area contributed by atoms with Crippen LogP contribution in [0.3, 0.4) is 0 Å². The lowest BCUT2D eigenvalue weighted by molar-refractivity contribution is -0.144. The number of carbonyl (C=O) groups is 2. The van der Waals surface area contributed by atoms with Gasteiger partial charge in [-0.2, -0.15) is 0 Å². The Balaban J connectivity index is 1.63. The second-order valence-corrected chi connectivity index (χ2v) is 10.0. The van der Waals surface area contributed by atoms with Crippen LogP contribution in [0.15, 0.2) is 29.8 Å². The predicted octanol–water partition coefficient (Wildman–Crippen LogP) is 3.38. The third kappa shape index (κ3) is 4.90. The number of carbonyl (C=O) groups excluding carboxylic acids is 2. The van der Waals surface area contributed by atoms with E-state index in [-0.39, 0.29) is 36.1 Å². The normalized spacial score (nSPS) is 20.3. The molecule has 0 saturated carbocycles. The van der Waals surface area contributed by atoms with Gasteiger partial charge in [0.25, 0.3) is 0 Å². The highest BCUT2D eigenvalue weighted by atomic mass is 32.1. The summed E-state index contributed by atoms with van der Waals surface area (Å²) in [5.74, 6) is -0.535. The zero-order valence-corrected chi connectivity index (χ0v) is 19.1. The monoisotopic (exact) mass is 429 g/mol. The average Bonchev–Trinajstić information content (AvgIpc) is 3.30. The molecule has 3 rings (SSSR count). The van der Waals surface area contributed by atoms with E-state index in [4.69, 9.17) is 0 Å². The fourth-order valence-corrected chi connectivity index (χ4v) is 4.40. The van der Waals surface area contributed by atoms with Gasteiger partial charge in [-0.25, -0.2) is 4.98 Å². The van der Waals surface area contributed by atoms with Crippen molar-refractivity contribution in [1.29, 1.82) is 0 Å². The summed E-state index contributed by atoms with van der Waals surface area (Å²) in [6.07, 6.45) is -0.392. The predicted molar refractivity (Wildman–Crippen MR) is 119 cm³/mol. The van der Waals surface area contributed by atoms with Crippen molar-refractivity contribution in [1.82, 2.24) is 15.2 Å². The lowest BCUT2D eigenvalue weighted by Gasteiger charge is -2.32. The third-order valence-corrected chi connectivity index (χ3v) is 6.94. The molecule has 0 spiro atoms. The van der Waals surface area contributed by atoms with E-state index in [0.29, 0.717) is 6.54 Å². The van der Waals surface area contributed by atoms with Crippen LogP contribution >= 0.6 is 11.3 Å². The van der Waals surface area contributed by atoms with Crippen LogP contribution in [0.25, 0.3) is 10.4 Å². The van der Waals surface area contributed by atoms with Gasteiger partial charge < -0.3 is 15.3 Å². The summed E-state index contributed by atoms with van der Waals surface area (Å²) in [4.78, 5) is 32.7. The van der Waals surface area contributed by atoms with Crippen LogP contribution in [-0.2, 0) is 16.1 Å². The van der Waals surface area contributed by atoms with E-state index >= 15 is 0 Å². The minimum atomic E-state index is -0.668. The van der Waals surface area contributed by atoms with E-state index in [9.17, 15) is 14.7 Å². The largest absolute Gasteiger partial charge is 0.391 e. The van der Waals surface area contributed by atoms with E-state index in [2.05, 4.69) is 10.3 Å². The zero-order valence-electron chi connectivity index (χ0n) is 18.3. The van der Waals surface area contributed by atoms with Gasteiger partial charge in [0, 0.05) is 25.4 Å². The molecule has 0 unspecified atom stereocenters. The van der Waals surface area contributed by atoms with Gasteiger partial charge in [-0.05, 0) is 23.5 Å². The Morgan fingerprint density at radius 1 is 1.30 bits per heavy atom. The van der Waals surface area contributed by atoms with E-state index in [0.717, 1.165) is 21.7 Å². The molecule has 2 N–H and O–H groups in total. The minimum Gasteiger partial charge on any atom is -0.391 e. The molecule has 6 nitrogen and oxygen atoms in total. The van der Waals surface area contributed by atoms with Crippen LogP contribution < -0.4 is 5.32 Å². The first kappa shape index (κ1) is 22.4. The lowest BCUT2D eigenvalue weighted by atomic mass is 9.81. The molecule has 7 heteroatoms. The molecule has 1 aliphatic heterocycles. The molecule has 0 radical (unpaired) electrons. The summed E-state index contributed by atoms with van der Waals surface area (Å²) in [5.41, 5.74) is 4.73. The number of benzene rings is 1. The summed E-state index contributed by atoms with van der Waals surface area (Å²) in [6, 6.07) is 7.41. The first-order valence-electron chi connectivity index (χ1n) is 10.3. The number of aryl methyl sites for hydroxylation is 1. The highest BCUT2D eigenvalue weighted by Crippen LogP contribution is 2.30. The fourth-order valence-electron chi connectivity index (χ4n) is 3.58. The number of thiazole rings is 1. The lowest BCUT2D eigenvalue weighted by Crippen LogP contribution is -2.49. The van der Waals surface area contributed by atoms with Gasteiger partial charge in [0.1, 0.15) is 6.04 Å². The van der Waals surface area contributed by atoms with Gasteiger partial charge in [0.2, 0.25) is 11.8 Å². The van der Waals surface area contributed by atoms with Crippen molar-refractivity contribution in [2.75, 3.05) is 6.54 Å². The molecular formula is C23H31N3O3S. The Kier molecular flexibility index (Phi) is 6.62. The molecule has 1 aromatic carbocycles. The Labute approximate surface area is 182 Å². The maximum Gasteiger partial charge on any atom is 0.243 e. The molecular weight excluding hydrogens is 398 g/mol. The first-order valence-corrected chi connectivity index (χ1v) is 11.2. The van der Waals surface area contributed by atoms with Crippen LogP contribution in [0.1, 0.15) is 45.4 Å². The van der Waals surface area contributed by atoms with Crippen molar-refractivity contribution in [3.8, 4) is 10.4 Å². The van der Waals surface area contributed by atoms with Crippen LogP contribution in [-0.4, -0.2) is 45.5 Å². The Morgan fingerprint density at radius 3 is 2.53 bits per heavy atom. The molecule has 3 atom stereocenters. The maximum absolute atomic E-state index is 12.9. The average molecular weight is 430 g/mol. The van der Waals surface area contributed by atoms with Gasteiger partial charge >= 0.3 is 0 Å². The number of hydrogen-bond donors (Lipinski definition) is 2. The van der Waals surface area contributed by atoms with Crippen molar-refractivity contribution >= 4 is 23.2 Å². The Morgan fingerprint density at radius 2 is 1.97 bits per heavy atom. The number of β-amino-alcohol motifs (C(OH)–C–C–N with tert-alkyl or cyclic N) is 1. The van der Waals surface area contributed by atoms with Crippen molar-refractivity contribution < 1.29 is 14.7 Å². The number of nitrogens with one attached hydrogen (secondary N) is 1. The molecule has 0 aliphatic carbocycles. The van der Waals surface area contributed by atoms with Crippen molar-refractivity contribution in [3.05, 3.63) is 41.0 Å². The number of likely N-dealkylation sites (tertiary alicyclic amines) is 1. The third-order valence-electron chi connectivity index (χ3n) is 5.96. The number of aromatic nitrogens is 1. The van der Waals surface area contributed by atoms with Crippen LogP contribution in [0.2, 0.25) is 0 Å². The summed E-state index contributed by atoms with van der Waals surface area (Å²) in [6.45, 7) is 10.5. The summed E-state index contributed by atoms with van der Waals surface area (Å²) >= 11 is 1.61. The van der Waals surface area contributed by atoms with E-state index in [1.807, 2.05) is 64.4 Å². The SMILES string of the molecule is Cc1ncsc1-c1ccc(CNC(=O)[C@@H]2C[C@@H](O)CN2C(=O)[C@@H](C)C(C)(C)C)cc1. The molecule has 30 heavy (non-hydrogen) atoms. The zero-order chi connectivity index (χ0) is 22.1. The topological polar surface area (TPSA) is 82.5 Å². The van der Waals surface area contributed by atoms with Crippen LogP contribution in [0.4, 0.5) is 0 Å². The first-order chi connectivity index (χ1) is 14.1. The molecule has 0 bridgehead atoms. The summed E-state index contributed by atoms with van der Waals surface area (Å²) < 4.78 is 0. The van der Waals surface area contributed by atoms with E-state index in [1.54, 1.807) is 16.2 Å². The second-order valence-electron chi connectivity index (χ2n) is 9.17. The quantitative estimate of drug-likeness (QED) is 0.763. The molecule has 2 heterocycles. The van der Waals surface area contributed by atoms with Crippen molar-refractivity contribution in [2.45, 2.75) is 59.7 Å². The van der Waals surface area contributed by atoms with Crippen LogP contribution in [0, 0.1) is 18.3 Å². The molecule has 2 aromatic rings. The van der Waals surface area contributed by atoms with E-state index in [1.165, 1.54) is 0 Å². The number of rotatable bonds is 5. The molecule has 1 aliphatic rings. The highest BCUT2D eigenvalue weighted by molar-refractivity contribution is 7.13. The fraction of sp³-hybridized carbons (Fsp3) is 0.522. The molecule has 1 fully saturated rings. The number of hydrogen-bond acceptors (Lipinski definition) is 5. The second kappa shape index (κ2) is 8.86. The number of nitrogens with zero attached hydrogens (tertiary/aromatic N) is 2. The van der Waals surface area contributed by atoms with Gasteiger partial charge in [-0.1, -0.05) is 52.0 Å². The summed E-state index contributed by atoms with van der Waals surface area (Å²) in [7, 11) is 0. The molecule has 1 aromatic heterocycles. The van der Waals surface area contributed by atoms with Gasteiger partial charge in [0.05, 0.1) is 22.2 Å². The van der Waals surface area contributed by atoms with Crippen molar-refractivity contribution in [2.24, 2.45) is 11.3 Å². The summed E-state index contributed by atoms with van der Waals surface area (Å²) in [5, 5.41) is 13.0. The van der Waals surface area contributed by atoms with Crippen molar-refractivity contribution in [3.63, 3.8) is 0 Å². The number of aliphatic hydroxyl groups is 1. The minimum absolute atomic E-state index is 0.0801. The van der Waals surface area contributed by atoms with E-state index < -0.39 is 12.1 Å². The molecule has 2 amide bonds. The van der Waals surface area contributed by atoms with Gasteiger partial charge in [-0.15, -0.1) is 11.3 Å².